The highest BCUT2D eigenvalue weighted by Gasteiger charge is 2.67. The maximum absolute atomic E-state index is 14.5. The number of rotatable bonds is 8. The van der Waals surface area contributed by atoms with Crippen molar-refractivity contribution in [2.75, 3.05) is 24.7 Å². The van der Waals surface area contributed by atoms with Gasteiger partial charge in [-0.2, -0.15) is 0 Å². The Kier molecular flexibility index (Phi) is 8.12. The Morgan fingerprint density at radius 3 is 2.38 bits per heavy atom. The molecule has 48 heavy (non-hydrogen) atoms. The smallest absolute Gasteiger partial charge is 0.241 e. The minimum atomic E-state index is -1.26. The lowest BCUT2D eigenvalue weighted by Gasteiger charge is -2.49. The SMILES string of the molecule is CC12C(=O)N(c3ccc(F)c(Cl)c3)C(=O)C1CC1C(=CCC3C(=O)N(CCc4ccc(O)cc4)C(=O)C31)C2c1ccc(OCCO)cc1. The minimum absolute atomic E-state index is 0.112. The van der Waals surface area contributed by atoms with Gasteiger partial charge in [0, 0.05) is 12.5 Å². The third-order valence-corrected chi connectivity index (χ3v) is 11.0. The standard InChI is InChI=1S/C37H34ClFN2O7/c1-37-28(34(45)41(36(37)47)22-6-13-30(39)29(38)18-22)19-27-25(32(37)21-4-9-24(10-5-21)48-17-16-42)11-12-26-31(27)35(46)40(33(26)44)15-14-20-2-7-23(43)8-3-20/h2-11,13,18,26-28,31-32,42-43H,12,14-17,19H2,1H3. The number of phenols is 1. The Morgan fingerprint density at radius 2 is 1.69 bits per heavy atom. The number of aromatic hydroxyl groups is 1. The van der Waals surface area contributed by atoms with Gasteiger partial charge in [0.2, 0.25) is 23.6 Å². The van der Waals surface area contributed by atoms with Crippen LogP contribution in [0.15, 0.2) is 78.4 Å². The Labute approximate surface area is 281 Å². The van der Waals surface area contributed by atoms with Crippen molar-refractivity contribution in [1.82, 2.24) is 4.90 Å². The van der Waals surface area contributed by atoms with Gasteiger partial charge in [0.15, 0.2) is 0 Å². The molecule has 3 aromatic carbocycles. The molecule has 9 nitrogen and oxygen atoms in total. The van der Waals surface area contributed by atoms with Crippen LogP contribution in [-0.2, 0) is 25.6 Å². The largest absolute Gasteiger partial charge is 0.508 e. The number of benzene rings is 3. The van der Waals surface area contributed by atoms with Crippen molar-refractivity contribution in [3.8, 4) is 11.5 Å². The molecule has 1 saturated carbocycles. The van der Waals surface area contributed by atoms with Crippen LogP contribution in [-0.4, -0.2) is 58.5 Å². The van der Waals surface area contributed by atoms with Gasteiger partial charge in [-0.1, -0.05) is 47.5 Å². The number of ether oxygens (including phenoxy) is 1. The van der Waals surface area contributed by atoms with E-state index in [1.807, 2.05) is 18.2 Å². The zero-order chi connectivity index (χ0) is 33.9. The summed E-state index contributed by atoms with van der Waals surface area (Å²) in [4.78, 5) is 59.1. The van der Waals surface area contributed by atoms with Crippen molar-refractivity contribution in [2.24, 2.45) is 29.1 Å². The molecule has 2 heterocycles. The third kappa shape index (κ3) is 5.00. The van der Waals surface area contributed by atoms with Crippen LogP contribution in [0.25, 0.3) is 0 Å². The van der Waals surface area contributed by atoms with E-state index in [1.54, 1.807) is 43.3 Å². The van der Waals surface area contributed by atoms with Crippen molar-refractivity contribution in [1.29, 1.82) is 0 Å². The number of carbonyl (C=O) groups excluding carboxylic acids is 4. The van der Waals surface area contributed by atoms with E-state index in [0.717, 1.165) is 27.7 Å². The molecular formula is C37H34ClFN2O7. The molecule has 6 atom stereocenters. The second kappa shape index (κ2) is 12.2. The topological polar surface area (TPSA) is 124 Å². The summed E-state index contributed by atoms with van der Waals surface area (Å²) in [6.45, 7) is 1.92. The number of hydrogen-bond donors (Lipinski definition) is 2. The predicted octanol–water partition coefficient (Wildman–Crippen LogP) is 5.03. The molecule has 2 N–H and O–H groups in total. The fourth-order valence-corrected chi connectivity index (χ4v) is 8.55. The van der Waals surface area contributed by atoms with Crippen molar-refractivity contribution in [2.45, 2.75) is 32.1 Å². The molecule has 2 aliphatic heterocycles. The van der Waals surface area contributed by atoms with E-state index in [4.69, 9.17) is 16.3 Å². The van der Waals surface area contributed by atoms with E-state index < -0.39 is 52.6 Å². The fraction of sp³-hybridized carbons (Fsp3) is 0.351. The predicted molar refractivity (Wildman–Crippen MR) is 174 cm³/mol. The molecule has 3 aromatic rings. The molecule has 0 bridgehead atoms. The summed E-state index contributed by atoms with van der Waals surface area (Å²) in [5.74, 6) is -4.64. The summed E-state index contributed by atoms with van der Waals surface area (Å²) >= 11 is 6.08. The maximum Gasteiger partial charge on any atom is 0.241 e. The molecule has 7 rings (SSSR count). The summed E-state index contributed by atoms with van der Waals surface area (Å²) < 4.78 is 19.7. The number of aliphatic hydroxyl groups excluding tert-OH is 1. The van der Waals surface area contributed by atoms with Crippen LogP contribution in [0.2, 0.25) is 5.02 Å². The first-order valence-electron chi connectivity index (χ1n) is 16.0. The number of halogens is 2. The van der Waals surface area contributed by atoms with E-state index >= 15 is 0 Å². The van der Waals surface area contributed by atoms with E-state index in [1.165, 1.54) is 17.0 Å². The molecule has 2 aliphatic carbocycles. The van der Waals surface area contributed by atoms with Crippen molar-refractivity contribution >= 4 is 40.9 Å². The zero-order valence-corrected chi connectivity index (χ0v) is 26.9. The van der Waals surface area contributed by atoms with Crippen LogP contribution < -0.4 is 9.64 Å². The van der Waals surface area contributed by atoms with Crippen LogP contribution in [0, 0.1) is 34.9 Å². The van der Waals surface area contributed by atoms with Gasteiger partial charge < -0.3 is 14.9 Å². The van der Waals surface area contributed by atoms with E-state index in [0.29, 0.717) is 18.6 Å². The lowest BCUT2D eigenvalue weighted by atomic mass is 9.51. The number of fused-ring (bicyclic) bond motifs is 4. The molecule has 3 fully saturated rings. The number of anilines is 1. The van der Waals surface area contributed by atoms with Gasteiger partial charge in [0.1, 0.15) is 23.9 Å². The van der Waals surface area contributed by atoms with Gasteiger partial charge in [-0.15, -0.1) is 0 Å². The first kappa shape index (κ1) is 32.0. The molecule has 2 saturated heterocycles. The molecule has 6 unspecified atom stereocenters. The minimum Gasteiger partial charge on any atom is -0.508 e. The van der Waals surface area contributed by atoms with Gasteiger partial charge in [0.25, 0.3) is 0 Å². The number of amides is 4. The molecule has 0 radical (unpaired) electrons. The summed E-state index contributed by atoms with van der Waals surface area (Å²) in [5.41, 5.74) is 1.37. The first-order chi connectivity index (χ1) is 23.0. The maximum atomic E-state index is 14.5. The lowest BCUT2D eigenvalue weighted by molar-refractivity contribution is -0.140. The average molecular weight is 673 g/mol. The number of phenolic OH excluding ortho intramolecular Hbond substituents is 1. The number of imide groups is 2. The lowest BCUT2D eigenvalue weighted by Crippen LogP contribution is -2.48. The highest BCUT2D eigenvalue weighted by Crippen LogP contribution is 2.63. The van der Waals surface area contributed by atoms with Crippen LogP contribution in [0.3, 0.4) is 0 Å². The van der Waals surface area contributed by atoms with Gasteiger partial charge >= 0.3 is 0 Å². The number of aliphatic hydroxyl groups is 1. The third-order valence-electron chi connectivity index (χ3n) is 10.7. The normalized spacial score (nSPS) is 27.9. The second-order valence-electron chi connectivity index (χ2n) is 13.1. The number of allylic oxidation sites excluding steroid dienone is 2. The quantitative estimate of drug-likeness (QED) is 0.254. The average Bonchev–Trinajstić information content (AvgIpc) is 3.44. The number of nitrogens with zero attached hydrogens (tertiary/aromatic N) is 2. The van der Waals surface area contributed by atoms with Crippen molar-refractivity contribution < 1.29 is 38.5 Å². The molecular weight excluding hydrogens is 639 g/mol. The monoisotopic (exact) mass is 672 g/mol. The second-order valence-corrected chi connectivity index (χ2v) is 13.6. The molecule has 0 aromatic heterocycles. The zero-order valence-electron chi connectivity index (χ0n) is 26.1. The first-order valence-corrected chi connectivity index (χ1v) is 16.4. The van der Waals surface area contributed by atoms with Crippen LogP contribution >= 0.6 is 11.6 Å². The van der Waals surface area contributed by atoms with Crippen LogP contribution in [0.4, 0.5) is 10.1 Å². The molecule has 11 heteroatoms. The van der Waals surface area contributed by atoms with Gasteiger partial charge in [-0.25, -0.2) is 9.29 Å². The van der Waals surface area contributed by atoms with E-state index in [-0.39, 0.29) is 54.5 Å². The van der Waals surface area contributed by atoms with Crippen LogP contribution in [0.1, 0.15) is 36.8 Å². The molecule has 0 spiro atoms. The van der Waals surface area contributed by atoms with E-state index in [2.05, 4.69) is 0 Å². The van der Waals surface area contributed by atoms with Crippen molar-refractivity contribution in [3.05, 3.63) is 100 Å². The Hall–Kier alpha value is -4.54. The number of likely N-dealkylation sites (tertiary alicyclic amines) is 1. The number of hydrogen-bond acceptors (Lipinski definition) is 7. The summed E-state index contributed by atoms with van der Waals surface area (Å²) in [6, 6.07) is 17.5. The Bertz CT molecular complexity index is 1850. The van der Waals surface area contributed by atoms with E-state index in [9.17, 15) is 33.8 Å². The van der Waals surface area contributed by atoms with Crippen LogP contribution in [0.5, 0.6) is 11.5 Å². The van der Waals surface area contributed by atoms with Gasteiger partial charge in [-0.3, -0.25) is 24.1 Å². The molecule has 4 aliphatic rings. The summed E-state index contributed by atoms with van der Waals surface area (Å²) in [6.07, 6.45) is 2.93. The highest BCUT2D eigenvalue weighted by atomic mass is 35.5. The molecule has 4 amide bonds. The van der Waals surface area contributed by atoms with Gasteiger partial charge in [-0.05, 0) is 85.7 Å². The van der Waals surface area contributed by atoms with Crippen molar-refractivity contribution in [3.63, 3.8) is 0 Å². The van der Waals surface area contributed by atoms with Gasteiger partial charge in [0.05, 0.1) is 40.5 Å². The Morgan fingerprint density at radius 1 is 0.958 bits per heavy atom. The number of carbonyl (C=O) groups is 4. The fourth-order valence-electron chi connectivity index (χ4n) is 8.37. The highest BCUT2D eigenvalue weighted by molar-refractivity contribution is 6.31. The Balaban J connectivity index is 1.27. The summed E-state index contributed by atoms with van der Waals surface area (Å²) in [5, 5.41) is 18.6. The molecule has 248 valence electrons. The summed E-state index contributed by atoms with van der Waals surface area (Å²) in [7, 11) is 0.